The zero-order valence-electron chi connectivity index (χ0n) is 15.8. The number of carbonyl (C=O) groups is 1. The Morgan fingerprint density at radius 2 is 1.89 bits per heavy atom. The maximum Gasteiger partial charge on any atom is 0.234 e. The largest absolute Gasteiger partial charge is 0.497 e. The van der Waals surface area contributed by atoms with Gasteiger partial charge in [-0.15, -0.1) is 10.2 Å². The summed E-state index contributed by atoms with van der Waals surface area (Å²) in [5.41, 5.74) is 2.09. The number of ether oxygens (including phenoxy) is 1. The number of amides is 1. The number of carbonyl (C=O) groups excluding carboxylic acids is 1. The van der Waals surface area contributed by atoms with Crippen LogP contribution in [0, 0.1) is 0 Å². The molecule has 2 unspecified atom stereocenters. The van der Waals surface area contributed by atoms with Crippen LogP contribution in [0.3, 0.4) is 0 Å². The van der Waals surface area contributed by atoms with E-state index in [4.69, 9.17) is 4.74 Å². The summed E-state index contributed by atoms with van der Waals surface area (Å²) in [4.78, 5) is 12.2. The monoisotopic (exact) mass is 394 g/mol. The van der Waals surface area contributed by atoms with Gasteiger partial charge in [0.25, 0.3) is 0 Å². The van der Waals surface area contributed by atoms with Crippen molar-refractivity contribution >= 4 is 23.4 Å². The summed E-state index contributed by atoms with van der Waals surface area (Å²) in [5.74, 6) is 2.88. The third-order valence-electron chi connectivity index (χ3n) is 4.92. The van der Waals surface area contributed by atoms with Gasteiger partial charge in [0.2, 0.25) is 5.91 Å². The Hall–Kier alpha value is -2.80. The lowest BCUT2D eigenvalue weighted by molar-refractivity contribution is -0.113. The zero-order valence-corrected chi connectivity index (χ0v) is 16.6. The normalized spacial score (nSPS) is 17.9. The molecular weight excluding hydrogens is 372 g/mol. The van der Waals surface area contributed by atoms with Gasteiger partial charge in [-0.05, 0) is 42.2 Å². The standard InChI is InChI=1S/C21H22N4O2S/c1-25-20(18-12-17(18)14-6-4-3-5-7-14)23-24-21(25)28-13-19(26)22-15-8-10-16(27-2)11-9-15/h3-11,17-18H,12-13H2,1-2H3,(H,22,26). The first-order valence-electron chi connectivity index (χ1n) is 9.16. The Morgan fingerprint density at radius 1 is 1.14 bits per heavy atom. The number of benzene rings is 2. The second-order valence-corrected chi connectivity index (χ2v) is 7.77. The molecule has 4 rings (SSSR count). The third-order valence-corrected chi connectivity index (χ3v) is 5.94. The van der Waals surface area contributed by atoms with Crippen molar-refractivity contribution in [3.63, 3.8) is 0 Å². The number of nitrogens with one attached hydrogen (secondary N) is 1. The molecule has 0 saturated heterocycles. The summed E-state index contributed by atoms with van der Waals surface area (Å²) in [7, 11) is 3.59. The minimum Gasteiger partial charge on any atom is -0.497 e. The molecule has 28 heavy (non-hydrogen) atoms. The van der Waals surface area contributed by atoms with Gasteiger partial charge in [0, 0.05) is 18.7 Å². The van der Waals surface area contributed by atoms with E-state index >= 15 is 0 Å². The first kappa shape index (κ1) is 18.6. The minimum atomic E-state index is -0.0756. The highest BCUT2D eigenvalue weighted by Crippen LogP contribution is 2.54. The molecule has 3 aromatic rings. The van der Waals surface area contributed by atoms with E-state index in [1.807, 2.05) is 41.9 Å². The van der Waals surface area contributed by atoms with E-state index in [0.29, 0.717) is 11.8 Å². The van der Waals surface area contributed by atoms with Crippen LogP contribution in [0.1, 0.15) is 29.6 Å². The number of thioether (sulfide) groups is 1. The number of nitrogens with zero attached hydrogens (tertiary/aromatic N) is 3. The van der Waals surface area contributed by atoms with Gasteiger partial charge in [0.05, 0.1) is 12.9 Å². The lowest BCUT2D eigenvalue weighted by Gasteiger charge is -2.06. The topological polar surface area (TPSA) is 69.0 Å². The van der Waals surface area contributed by atoms with Gasteiger partial charge < -0.3 is 14.6 Å². The molecule has 1 aliphatic carbocycles. The van der Waals surface area contributed by atoms with Crippen LogP contribution < -0.4 is 10.1 Å². The molecule has 1 heterocycles. The fraction of sp³-hybridized carbons (Fsp3) is 0.286. The molecular formula is C21H22N4O2S. The van der Waals surface area contributed by atoms with Crippen molar-refractivity contribution in [3.05, 3.63) is 66.0 Å². The average molecular weight is 395 g/mol. The molecule has 2 atom stereocenters. The number of hydrogen-bond acceptors (Lipinski definition) is 5. The summed E-state index contributed by atoms with van der Waals surface area (Å²) in [5, 5.41) is 12.3. The van der Waals surface area contributed by atoms with Crippen LogP contribution in [0.25, 0.3) is 0 Å². The van der Waals surface area contributed by atoms with Crippen molar-refractivity contribution in [1.29, 1.82) is 0 Å². The van der Waals surface area contributed by atoms with E-state index in [1.165, 1.54) is 17.3 Å². The second-order valence-electron chi connectivity index (χ2n) is 6.82. The summed E-state index contributed by atoms with van der Waals surface area (Å²) >= 11 is 1.40. The van der Waals surface area contributed by atoms with Crippen molar-refractivity contribution in [2.75, 3.05) is 18.2 Å². The van der Waals surface area contributed by atoms with E-state index in [1.54, 1.807) is 7.11 Å². The molecule has 1 amide bonds. The SMILES string of the molecule is COc1ccc(NC(=O)CSc2nnc(C3CC3c3ccccc3)n2C)cc1. The molecule has 1 aliphatic rings. The quantitative estimate of drug-likeness (QED) is 0.617. The average Bonchev–Trinajstić information content (AvgIpc) is 3.44. The summed E-state index contributed by atoms with van der Waals surface area (Å²) in [6.07, 6.45) is 1.10. The molecule has 1 saturated carbocycles. The van der Waals surface area contributed by atoms with Gasteiger partial charge in [0.15, 0.2) is 5.16 Å². The minimum absolute atomic E-state index is 0.0756. The van der Waals surface area contributed by atoms with Gasteiger partial charge in [-0.3, -0.25) is 4.79 Å². The Bertz CT molecular complexity index is 956. The van der Waals surface area contributed by atoms with Crippen LogP contribution in [0.4, 0.5) is 5.69 Å². The molecule has 0 bridgehead atoms. The number of anilines is 1. The third kappa shape index (κ3) is 4.04. The Morgan fingerprint density at radius 3 is 2.61 bits per heavy atom. The number of rotatable bonds is 7. The molecule has 0 radical (unpaired) electrons. The van der Waals surface area contributed by atoms with Gasteiger partial charge in [-0.2, -0.15) is 0 Å². The first-order valence-corrected chi connectivity index (χ1v) is 10.1. The fourth-order valence-corrected chi connectivity index (χ4v) is 4.04. The smallest absolute Gasteiger partial charge is 0.234 e. The highest BCUT2D eigenvalue weighted by molar-refractivity contribution is 7.99. The maximum atomic E-state index is 12.2. The van der Waals surface area contributed by atoms with Crippen molar-refractivity contribution in [3.8, 4) is 5.75 Å². The van der Waals surface area contributed by atoms with Gasteiger partial charge in [-0.1, -0.05) is 42.1 Å². The molecule has 1 N–H and O–H groups in total. The summed E-state index contributed by atoms with van der Waals surface area (Å²) in [6, 6.07) is 17.8. The van der Waals surface area contributed by atoms with Crippen LogP contribution in [0.2, 0.25) is 0 Å². The van der Waals surface area contributed by atoms with E-state index in [2.05, 4.69) is 39.8 Å². The molecule has 144 valence electrons. The predicted molar refractivity (Wildman–Crippen MR) is 110 cm³/mol. The number of aromatic nitrogens is 3. The van der Waals surface area contributed by atoms with Crippen LogP contribution in [-0.4, -0.2) is 33.5 Å². The Labute approximate surface area is 168 Å². The molecule has 6 nitrogen and oxygen atoms in total. The van der Waals surface area contributed by atoms with E-state index in [0.717, 1.165) is 28.8 Å². The summed E-state index contributed by atoms with van der Waals surface area (Å²) < 4.78 is 7.13. The second kappa shape index (κ2) is 8.06. The number of methoxy groups -OCH3 is 1. The molecule has 1 aromatic heterocycles. The maximum absolute atomic E-state index is 12.2. The molecule has 7 heteroatoms. The van der Waals surface area contributed by atoms with Crippen LogP contribution in [-0.2, 0) is 11.8 Å². The predicted octanol–water partition coefficient (Wildman–Crippen LogP) is 3.83. The highest BCUT2D eigenvalue weighted by Gasteiger charge is 2.42. The van der Waals surface area contributed by atoms with Gasteiger partial charge >= 0.3 is 0 Å². The van der Waals surface area contributed by atoms with E-state index in [-0.39, 0.29) is 11.7 Å². The zero-order chi connectivity index (χ0) is 19.5. The van der Waals surface area contributed by atoms with Crippen LogP contribution in [0.15, 0.2) is 59.8 Å². The van der Waals surface area contributed by atoms with Crippen molar-refractivity contribution in [1.82, 2.24) is 14.8 Å². The van der Waals surface area contributed by atoms with Crippen molar-refractivity contribution in [2.24, 2.45) is 7.05 Å². The first-order chi connectivity index (χ1) is 13.7. The van der Waals surface area contributed by atoms with E-state index in [9.17, 15) is 4.79 Å². The highest BCUT2D eigenvalue weighted by atomic mass is 32.2. The molecule has 0 spiro atoms. The van der Waals surface area contributed by atoms with Crippen LogP contribution >= 0.6 is 11.8 Å². The molecule has 1 fully saturated rings. The van der Waals surface area contributed by atoms with Crippen molar-refractivity contribution < 1.29 is 9.53 Å². The van der Waals surface area contributed by atoms with E-state index < -0.39 is 0 Å². The van der Waals surface area contributed by atoms with Crippen LogP contribution in [0.5, 0.6) is 5.75 Å². The van der Waals surface area contributed by atoms with Gasteiger partial charge in [0.1, 0.15) is 11.6 Å². The molecule has 0 aliphatic heterocycles. The lowest BCUT2D eigenvalue weighted by atomic mass is 10.1. The van der Waals surface area contributed by atoms with Crippen molar-refractivity contribution in [2.45, 2.75) is 23.4 Å². The molecule has 2 aromatic carbocycles. The number of hydrogen-bond donors (Lipinski definition) is 1. The van der Waals surface area contributed by atoms with Gasteiger partial charge in [-0.25, -0.2) is 0 Å². The Balaban J connectivity index is 1.33. The Kier molecular flexibility index (Phi) is 5.34. The lowest BCUT2D eigenvalue weighted by Crippen LogP contribution is -2.14. The summed E-state index contributed by atoms with van der Waals surface area (Å²) in [6.45, 7) is 0. The fourth-order valence-electron chi connectivity index (χ4n) is 3.33.